The number of nitrogens with zero attached hydrogens (tertiary/aromatic N) is 2. The third kappa shape index (κ3) is 3.96. The number of aromatic hydroxyl groups is 2. The minimum absolute atomic E-state index is 0.241. The maximum atomic E-state index is 10.3. The average Bonchev–Trinajstić information content (AvgIpc) is 2.67. The highest BCUT2D eigenvalue weighted by atomic mass is 16.3. The maximum absolute atomic E-state index is 10.3. The van der Waals surface area contributed by atoms with E-state index in [0.29, 0.717) is 33.9 Å². The number of phenols is 2. The van der Waals surface area contributed by atoms with Gasteiger partial charge in [-0.2, -0.15) is 0 Å². The topological polar surface area (TPSA) is 65.2 Å². The minimum Gasteiger partial charge on any atom is -0.507 e. The highest BCUT2D eigenvalue weighted by molar-refractivity contribution is 6.05. The molecule has 0 unspecified atom stereocenters. The lowest BCUT2D eigenvalue weighted by atomic mass is 10.1. The molecule has 0 heterocycles. The van der Waals surface area contributed by atoms with Gasteiger partial charge in [0.1, 0.15) is 11.5 Å². The van der Waals surface area contributed by atoms with E-state index < -0.39 is 0 Å². The summed E-state index contributed by atoms with van der Waals surface area (Å²) in [5, 5.41) is 20.7. The zero-order valence-corrected chi connectivity index (χ0v) is 16.6. The Morgan fingerprint density at radius 2 is 1.00 bits per heavy atom. The molecule has 3 aromatic rings. The van der Waals surface area contributed by atoms with E-state index in [-0.39, 0.29) is 11.5 Å². The molecule has 0 radical (unpaired) electrons. The molecule has 4 nitrogen and oxygen atoms in total. The molecule has 0 aromatic heterocycles. The molecular formula is C24H24N2O2. The summed E-state index contributed by atoms with van der Waals surface area (Å²) in [5.41, 5.74) is 5.84. The Morgan fingerprint density at radius 3 is 1.39 bits per heavy atom. The fraction of sp³-hybridized carbons (Fsp3) is 0.167. The van der Waals surface area contributed by atoms with E-state index in [9.17, 15) is 10.2 Å². The van der Waals surface area contributed by atoms with Crippen LogP contribution in [0.3, 0.4) is 0 Å². The molecule has 142 valence electrons. The molecule has 0 amide bonds. The summed E-state index contributed by atoms with van der Waals surface area (Å²) in [6, 6.07) is 18.8. The fourth-order valence-corrected chi connectivity index (χ4v) is 3.04. The molecular weight excluding hydrogens is 348 g/mol. The molecule has 3 aromatic carbocycles. The van der Waals surface area contributed by atoms with Gasteiger partial charge in [-0.3, -0.25) is 9.98 Å². The van der Waals surface area contributed by atoms with Crippen LogP contribution in [0.15, 0.2) is 70.6 Å². The summed E-state index contributed by atoms with van der Waals surface area (Å²) in [4.78, 5) is 9.41. The van der Waals surface area contributed by atoms with E-state index in [2.05, 4.69) is 0 Å². The van der Waals surface area contributed by atoms with E-state index in [1.54, 1.807) is 0 Å². The molecule has 0 aliphatic heterocycles. The Labute approximate surface area is 165 Å². The first-order valence-electron chi connectivity index (χ1n) is 9.16. The first-order valence-corrected chi connectivity index (χ1v) is 9.16. The number of hydrogen-bond acceptors (Lipinski definition) is 4. The number of rotatable bonds is 4. The van der Waals surface area contributed by atoms with Gasteiger partial charge in [-0.05, 0) is 63.1 Å². The molecule has 0 aliphatic carbocycles. The summed E-state index contributed by atoms with van der Waals surface area (Å²) < 4.78 is 0. The van der Waals surface area contributed by atoms with Gasteiger partial charge in [-0.1, -0.05) is 36.4 Å². The Kier molecular flexibility index (Phi) is 5.59. The Hall–Kier alpha value is -3.40. The van der Waals surface area contributed by atoms with Crippen molar-refractivity contribution in [2.75, 3.05) is 0 Å². The summed E-state index contributed by atoms with van der Waals surface area (Å²) >= 11 is 0. The van der Waals surface area contributed by atoms with E-state index in [1.807, 2.05) is 88.4 Å². The predicted molar refractivity (Wildman–Crippen MR) is 116 cm³/mol. The maximum Gasteiger partial charge on any atom is 0.127 e. The molecule has 4 heteroatoms. The van der Waals surface area contributed by atoms with Crippen molar-refractivity contribution in [3.63, 3.8) is 0 Å². The molecule has 3 rings (SSSR count). The van der Waals surface area contributed by atoms with Crippen LogP contribution in [-0.4, -0.2) is 21.6 Å². The smallest absolute Gasteiger partial charge is 0.127 e. The van der Waals surface area contributed by atoms with Crippen molar-refractivity contribution >= 4 is 22.8 Å². The van der Waals surface area contributed by atoms with E-state index in [0.717, 1.165) is 11.1 Å². The van der Waals surface area contributed by atoms with Gasteiger partial charge in [0.15, 0.2) is 0 Å². The van der Waals surface area contributed by atoms with Crippen molar-refractivity contribution in [1.82, 2.24) is 0 Å². The van der Waals surface area contributed by atoms with Gasteiger partial charge in [0.2, 0.25) is 0 Å². The zero-order chi connectivity index (χ0) is 20.3. The number of benzene rings is 3. The van der Waals surface area contributed by atoms with Gasteiger partial charge in [-0.25, -0.2) is 0 Å². The third-order valence-corrected chi connectivity index (χ3v) is 4.71. The lowest BCUT2D eigenvalue weighted by Gasteiger charge is -2.09. The predicted octanol–water partition coefficient (Wildman–Crippen LogP) is 6.00. The van der Waals surface area contributed by atoms with Crippen LogP contribution in [0, 0.1) is 13.8 Å². The first kappa shape index (κ1) is 19.4. The van der Waals surface area contributed by atoms with Crippen LogP contribution in [0.4, 0.5) is 11.4 Å². The van der Waals surface area contributed by atoms with Gasteiger partial charge >= 0.3 is 0 Å². The third-order valence-electron chi connectivity index (χ3n) is 4.71. The van der Waals surface area contributed by atoms with Gasteiger partial charge < -0.3 is 10.2 Å². The molecule has 0 saturated carbocycles. The zero-order valence-electron chi connectivity index (χ0n) is 16.6. The largest absolute Gasteiger partial charge is 0.507 e. The summed E-state index contributed by atoms with van der Waals surface area (Å²) in [5.74, 6) is 0.483. The van der Waals surface area contributed by atoms with Crippen LogP contribution in [0.25, 0.3) is 0 Å². The van der Waals surface area contributed by atoms with E-state index >= 15 is 0 Å². The first-order chi connectivity index (χ1) is 13.4. The normalized spacial score (nSPS) is 12.3. The highest BCUT2D eigenvalue weighted by Crippen LogP contribution is 2.31. The molecule has 0 saturated heterocycles. The van der Waals surface area contributed by atoms with Crippen LogP contribution in [-0.2, 0) is 0 Å². The SMILES string of the molecule is CC(=Nc1ccccc1N=C(C)c1cccc(C)c1O)c1cccc(C)c1O. The summed E-state index contributed by atoms with van der Waals surface area (Å²) in [6.45, 7) is 7.46. The van der Waals surface area contributed by atoms with Crippen LogP contribution in [0.1, 0.15) is 36.1 Å². The Balaban J connectivity index is 2.04. The van der Waals surface area contributed by atoms with E-state index in [1.165, 1.54) is 0 Å². The van der Waals surface area contributed by atoms with Crippen molar-refractivity contribution in [2.45, 2.75) is 27.7 Å². The number of hydrogen-bond donors (Lipinski definition) is 2. The number of phenolic OH excluding ortho intramolecular Hbond substituents is 2. The molecule has 28 heavy (non-hydrogen) atoms. The minimum atomic E-state index is 0.241. The summed E-state index contributed by atoms with van der Waals surface area (Å²) in [7, 11) is 0. The molecule has 0 spiro atoms. The van der Waals surface area contributed by atoms with E-state index in [4.69, 9.17) is 9.98 Å². The molecule has 0 aliphatic rings. The average molecular weight is 372 g/mol. The number of aliphatic imine (C=N–C) groups is 2. The summed E-state index contributed by atoms with van der Waals surface area (Å²) in [6.07, 6.45) is 0. The molecule has 2 N–H and O–H groups in total. The second-order valence-electron chi connectivity index (χ2n) is 6.83. The number of aryl methyl sites for hydroxylation is 2. The molecule has 0 bridgehead atoms. The fourth-order valence-electron chi connectivity index (χ4n) is 3.04. The van der Waals surface area contributed by atoms with Crippen LogP contribution < -0.4 is 0 Å². The molecule has 0 fully saturated rings. The standard InChI is InChI=1S/C24H24N2O2/c1-15-9-7-11-19(23(15)27)17(3)25-21-13-5-6-14-22(21)26-18(4)20-12-8-10-16(2)24(20)28/h5-14,27-28H,1-4H3. The van der Waals surface area contributed by atoms with Gasteiger partial charge in [-0.15, -0.1) is 0 Å². The van der Waals surface area contributed by atoms with Gasteiger partial charge in [0.05, 0.1) is 11.4 Å². The van der Waals surface area contributed by atoms with Crippen molar-refractivity contribution in [3.8, 4) is 11.5 Å². The Bertz CT molecular complexity index is 995. The van der Waals surface area contributed by atoms with Crippen molar-refractivity contribution in [2.24, 2.45) is 9.98 Å². The highest BCUT2D eigenvalue weighted by Gasteiger charge is 2.10. The van der Waals surface area contributed by atoms with Crippen LogP contribution in [0.2, 0.25) is 0 Å². The van der Waals surface area contributed by atoms with Gasteiger partial charge in [0.25, 0.3) is 0 Å². The van der Waals surface area contributed by atoms with Gasteiger partial charge in [0, 0.05) is 22.6 Å². The quantitative estimate of drug-likeness (QED) is 0.552. The lowest BCUT2D eigenvalue weighted by molar-refractivity contribution is 0.469. The second-order valence-corrected chi connectivity index (χ2v) is 6.83. The van der Waals surface area contributed by atoms with Crippen molar-refractivity contribution < 1.29 is 10.2 Å². The number of para-hydroxylation sites is 4. The van der Waals surface area contributed by atoms with Crippen LogP contribution in [0.5, 0.6) is 11.5 Å². The second kappa shape index (κ2) is 8.09. The van der Waals surface area contributed by atoms with Crippen molar-refractivity contribution in [3.05, 3.63) is 82.9 Å². The van der Waals surface area contributed by atoms with Crippen molar-refractivity contribution in [1.29, 1.82) is 0 Å². The monoisotopic (exact) mass is 372 g/mol. The van der Waals surface area contributed by atoms with Crippen LogP contribution >= 0.6 is 0 Å². The lowest BCUT2D eigenvalue weighted by Crippen LogP contribution is -1.97. The molecule has 0 atom stereocenters. The Morgan fingerprint density at radius 1 is 0.607 bits per heavy atom.